The lowest BCUT2D eigenvalue weighted by atomic mass is 9.78. The van der Waals surface area contributed by atoms with Crippen molar-refractivity contribution >= 4 is 17.5 Å². The van der Waals surface area contributed by atoms with Gasteiger partial charge in [0.2, 0.25) is 11.8 Å². The second-order valence-electron chi connectivity index (χ2n) is 12.2. The fraction of sp³-hybridized carbons (Fsp3) is 0.429. The van der Waals surface area contributed by atoms with Gasteiger partial charge >= 0.3 is 0 Å². The van der Waals surface area contributed by atoms with Crippen molar-refractivity contribution in [1.29, 1.82) is 0 Å². The van der Waals surface area contributed by atoms with Crippen LogP contribution in [0.25, 0.3) is 0 Å². The van der Waals surface area contributed by atoms with Crippen molar-refractivity contribution in [2.45, 2.75) is 43.4 Å². The maximum Gasteiger partial charge on any atom is 0.246 e. The highest BCUT2D eigenvalue weighted by Gasteiger charge is 2.48. The Balaban J connectivity index is 1.22. The summed E-state index contributed by atoms with van der Waals surface area (Å²) in [6.07, 6.45) is 1.38. The van der Waals surface area contributed by atoms with Crippen molar-refractivity contribution < 1.29 is 33.0 Å². The van der Waals surface area contributed by atoms with E-state index < -0.39 is 11.7 Å². The topological polar surface area (TPSA) is 91.3 Å². The van der Waals surface area contributed by atoms with Crippen molar-refractivity contribution in [2.75, 3.05) is 51.9 Å². The lowest BCUT2D eigenvalue weighted by Crippen LogP contribution is -2.55. The standard InChI is InChI=1S/C35H41F2N3O5/c1-39(2)20-19-38-32(42)21-45-35(22-44-23-35)18-17-24-3-5-26(6-4-24)33-30(15-16-31(41)25-7-9-27(36)10-8-25)34(43)40(33)29-13-11-28(37)12-14-29/h3-14,30-31,33,41H,15-23H2,1-2H3,(H,38,42)/t30-,31?,33-/m1/s1. The number of aliphatic hydroxyl groups excluding tert-OH is 1. The lowest BCUT2D eigenvalue weighted by Gasteiger charge is -2.48. The third-order valence-corrected chi connectivity index (χ3v) is 8.64. The first-order valence-corrected chi connectivity index (χ1v) is 15.4. The molecule has 0 aliphatic carbocycles. The molecular formula is C35H41F2N3O5. The van der Waals surface area contributed by atoms with Crippen LogP contribution in [0.1, 0.15) is 48.1 Å². The van der Waals surface area contributed by atoms with Gasteiger partial charge in [-0.3, -0.25) is 9.59 Å². The van der Waals surface area contributed by atoms with E-state index in [2.05, 4.69) is 5.32 Å². The quantitative estimate of drug-likeness (QED) is 0.242. The number of benzene rings is 3. The molecule has 0 aromatic heterocycles. The molecule has 2 saturated heterocycles. The van der Waals surface area contributed by atoms with E-state index in [0.717, 1.165) is 24.1 Å². The van der Waals surface area contributed by atoms with Crippen molar-refractivity contribution in [3.63, 3.8) is 0 Å². The molecule has 3 aromatic carbocycles. The van der Waals surface area contributed by atoms with Gasteiger partial charge < -0.3 is 29.7 Å². The summed E-state index contributed by atoms with van der Waals surface area (Å²) < 4.78 is 38.5. The minimum Gasteiger partial charge on any atom is -0.388 e. The number of nitrogens with zero attached hydrogens (tertiary/aromatic N) is 2. The summed E-state index contributed by atoms with van der Waals surface area (Å²) in [4.78, 5) is 29.3. The molecule has 0 spiro atoms. The Morgan fingerprint density at radius 3 is 2.29 bits per heavy atom. The first kappa shape index (κ1) is 32.7. The highest BCUT2D eigenvalue weighted by atomic mass is 19.1. The Labute approximate surface area is 262 Å². The zero-order chi connectivity index (χ0) is 32.0. The van der Waals surface area contributed by atoms with Gasteiger partial charge in [-0.1, -0.05) is 36.4 Å². The number of nitrogens with one attached hydrogen (secondary N) is 1. The summed E-state index contributed by atoms with van der Waals surface area (Å²) in [5.41, 5.74) is 2.75. The second kappa shape index (κ2) is 14.6. The Hall–Kier alpha value is -3.70. The molecule has 0 radical (unpaired) electrons. The van der Waals surface area contributed by atoms with Crippen LogP contribution in [0.15, 0.2) is 72.8 Å². The average molecular weight is 622 g/mol. The summed E-state index contributed by atoms with van der Waals surface area (Å²) in [5, 5.41) is 13.6. The van der Waals surface area contributed by atoms with Crippen molar-refractivity contribution in [1.82, 2.24) is 10.2 Å². The van der Waals surface area contributed by atoms with E-state index in [1.54, 1.807) is 29.2 Å². The normalized spacial score (nSPS) is 19.6. The van der Waals surface area contributed by atoms with Crippen LogP contribution in [-0.2, 0) is 25.5 Å². The third kappa shape index (κ3) is 8.12. The molecule has 2 fully saturated rings. The van der Waals surface area contributed by atoms with Gasteiger partial charge in [0.25, 0.3) is 0 Å². The van der Waals surface area contributed by atoms with Crippen LogP contribution in [0.2, 0.25) is 0 Å². The number of carbonyl (C=O) groups excluding carboxylic acids is 2. The van der Waals surface area contributed by atoms with Gasteiger partial charge in [0.15, 0.2) is 0 Å². The predicted octanol–water partition coefficient (Wildman–Crippen LogP) is 4.58. The molecule has 8 nitrogen and oxygen atoms in total. The molecule has 2 N–H and O–H groups in total. The molecule has 240 valence electrons. The molecule has 10 heteroatoms. The van der Waals surface area contributed by atoms with E-state index in [-0.39, 0.29) is 42.0 Å². The zero-order valence-corrected chi connectivity index (χ0v) is 25.8. The number of aryl methyl sites for hydroxylation is 1. The summed E-state index contributed by atoms with van der Waals surface area (Å²) >= 11 is 0. The molecule has 2 aliphatic heterocycles. The fourth-order valence-corrected chi connectivity index (χ4v) is 5.86. The van der Waals surface area contributed by atoms with E-state index in [4.69, 9.17) is 9.47 Å². The van der Waals surface area contributed by atoms with E-state index in [9.17, 15) is 23.5 Å². The molecule has 2 aliphatic rings. The number of hydrogen-bond acceptors (Lipinski definition) is 6. The van der Waals surface area contributed by atoms with Crippen molar-refractivity contribution in [2.24, 2.45) is 5.92 Å². The molecule has 0 bridgehead atoms. The second-order valence-corrected chi connectivity index (χ2v) is 12.2. The van der Waals surface area contributed by atoms with Gasteiger partial charge in [0.05, 0.1) is 31.3 Å². The molecule has 45 heavy (non-hydrogen) atoms. The molecule has 3 aromatic rings. The number of β-lactam (4-membered cyclic amide) rings is 1. The van der Waals surface area contributed by atoms with Crippen LogP contribution < -0.4 is 10.2 Å². The summed E-state index contributed by atoms with van der Waals surface area (Å²) in [6, 6.07) is 19.4. The number of amides is 2. The van der Waals surface area contributed by atoms with Crippen LogP contribution in [0.3, 0.4) is 0 Å². The van der Waals surface area contributed by atoms with Gasteiger partial charge in [-0.15, -0.1) is 0 Å². The Morgan fingerprint density at radius 2 is 1.69 bits per heavy atom. The van der Waals surface area contributed by atoms with E-state index in [1.807, 2.05) is 43.3 Å². The minimum atomic E-state index is -0.824. The Bertz CT molecular complexity index is 1430. The highest BCUT2D eigenvalue weighted by molar-refractivity contribution is 6.03. The largest absolute Gasteiger partial charge is 0.388 e. The van der Waals surface area contributed by atoms with Crippen molar-refractivity contribution in [3.8, 4) is 0 Å². The van der Waals surface area contributed by atoms with Crippen LogP contribution >= 0.6 is 0 Å². The molecule has 3 atom stereocenters. The monoisotopic (exact) mass is 621 g/mol. The maximum absolute atomic E-state index is 13.7. The van der Waals surface area contributed by atoms with Gasteiger partial charge in [-0.2, -0.15) is 0 Å². The molecule has 5 rings (SSSR count). The van der Waals surface area contributed by atoms with Crippen LogP contribution in [-0.4, -0.2) is 74.4 Å². The summed E-state index contributed by atoms with van der Waals surface area (Å²) in [7, 11) is 3.90. The Morgan fingerprint density at radius 1 is 1.04 bits per heavy atom. The van der Waals surface area contributed by atoms with Crippen LogP contribution in [0.4, 0.5) is 14.5 Å². The number of halogens is 2. The molecule has 1 unspecified atom stereocenters. The number of carbonyl (C=O) groups is 2. The van der Waals surface area contributed by atoms with E-state index in [0.29, 0.717) is 50.3 Å². The van der Waals surface area contributed by atoms with E-state index >= 15 is 0 Å². The van der Waals surface area contributed by atoms with Gasteiger partial charge in [0.1, 0.15) is 23.8 Å². The van der Waals surface area contributed by atoms with Gasteiger partial charge in [0, 0.05) is 18.8 Å². The number of aliphatic hydroxyl groups is 1. The Kier molecular flexibility index (Phi) is 10.6. The first-order chi connectivity index (χ1) is 21.6. The molecular weight excluding hydrogens is 580 g/mol. The third-order valence-electron chi connectivity index (χ3n) is 8.64. The lowest BCUT2D eigenvalue weighted by molar-refractivity contribution is -0.212. The van der Waals surface area contributed by atoms with Crippen molar-refractivity contribution in [3.05, 3.63) is 101 Å². The summed E-state index contributed by atoms with van der Waals surface area (Å²) in [6.45, 7) is 2.19. The maximum atomic E-state index is 13.7. The average Bonchev–Trinajstić information content (AvgIpc) is 3.00. The molecule has 2 amide bonds. The van der Waals surface area contributed by atoms with Crippen LogP contribution in [0.5, 0.6) is 0 Å². The highest BCUT2D eigenvalue weighted by Crippen LogP contribution is 2.46. The minimum absolute atomic E-state index is 0.0120. The smallest absolute Gasteiger partial charge is 0.246 e. The van der Waals surface area contributed by atoms with Gasteiger partial charge in [-0.05, 0) is 92.9 Å². The predicted molar refractivity (Wildman–Crippen MR) is 167 cm³/mol. The van der Waals surface area contributed by atoms with Crippen LogP contribution in [0, 0.1) is 17.6 Å². The molecule has 2 heterocycles. The zero-order valence-electron chi connectivity index (χ0n) is 25.8. The number of likely N-dealkylation sites (N-methyl/N-ethyl adjacent to an activating group) is 1. The number of rotatable bonds is 15. The first-order valence-electron chi connectivity index (χ1n) is 15.4. The summed E-state index contributed by atoms with van der Waals surface area (Å²) in [5.74, 6) is -1.36. The number of ether oxygens (including phenoxy) is 2. The molecule has 0 saturated carbocycles. The van der Waals surface area contributed by atoms with Gasteiger partial charge in [-0.25, -0.2) is 8.78 Å². The number of anilines is 1. The number of hydrogen-bond donors (Lipinski definition) is 2. The SMILES string of the molecule is CN(C)CCNC(=O)COC1(CCc2ccc([C@@H]3[C@@H](CCC(O)c4ccc(F)cc4)C(=O)N3c3ccc(F)cc3)cc2)COC1. The fourth-order valence-electron chi connectivity index (χ4n) is 5.86. The van der Waals surface area contributed by atoms with E-state index in [1.165, 1.54) is 24.3 Å².